The number of carbonyl (C=O) groups excluding carboxylic acids is 1. The molecule has 0 aliphatic carbocycles. The van der Waals surface area contributed by atoms with Crippen molar-refractivity contribution in [3.63, 3.8) is 0 Å². The molecule has 0 saturated carbocycles. The van der Waals surface area contributed by atoms with Crippen LogP contribution in [0.25, 0.3) is 0 Å². The first-order valence-electron chi connectivity index (χ1n) is 8.78. The lowest BCUT2D eigenvalue weighted by atomic mass is 10.2. The van der Waals surface area contributed by atoms with Gasteiger partial charge in [-0.1, -0.05) is 23.7 Å². The number of benzene rings is 1. The predicted molar refractivity (Wildman–Crippen MR) is 98.8 cm³/mol. The Morgan fingerprint density at radius 1 is 1.24 bits per heavy atom. The van der Waals surface area contributed by atoms with E-state index in [0.717, 1.165) is 42.5 Å². The number of nitrogens with zero attached hydrogens (tertiary/aromatic N) is 3. The van der Waals surface area contributed by atoms with Crippen LogP contribution >= 0.6 is 11.6 Å². The van der Waals surface area contributed by atoms with Crippen molar-refractivity contribution in [1.29, 1.82) is 0 Å². The Morgan fingerprint density at radius 2 is 1.92 bits per heavy atom. The maximum absolute atomic E-state index is 12.4. The van der Waals surface area contributed by atoms with E-state index in [1.165, 1.54) is 0 Å². The zero-order valence-corrected chi connectivity index (χ0v) is 15.3. The van der Waals surface area contributed by atoms with Crippen LogP contribution in [0.5, 0.6) is 0 Å². The average molecular weight is 365 g/mol. The van der Waals surface area contributed by atoms with Crippen molar-refractivity contribution in [1.82, 2.24) is 15.1 Å². The normalized spacial score (nSPS) is 21.5. The van der Waals surface area contributed by atoms with Crippen molar-refractivity contribution >= 4 is 23.5 Å². The van der Waals surface area contributed by atoms with Crippen molar-refractivity contribution < 1.29 is 9.53 Å². The number of piperazine rings is 1. The highest BCUT2D eigenvalue weighted by Gasteiger charge is 2.30. The zero-order valence-electron chi connectivity index (χ0n) is 14.6. The number of nitrogens with one attached hydrogen (secondary N) is 1. The smallest absolute Gasteiger partial charge is 0.251 e. The average Bonchev–Trinajstić information content (AvgIpc) is 3.18. The van der Waals surface area contributed by atoms with Gasteiger partial charge in [-0.25, -0.2) is 0 Å². The molecule has 7 heteroatoms. The molecule has 2 heterocycles. The molecule has 1 atom stereocenters. The first-order chi connectivity index (χ1) is 12.2. The Morgan fingerprint density at radius 3 is 2.52 bits per heavy atom. The second kappa shape index (κ2) is 8.54. The maximum Gasteiger partial charge on any atom is 0.251 e. The number of rotatable bonds is 3. The first-order valence-corrected chi connectivity index (χ1v) is 9.15. The summed E-state index contributed by atoms with van der Waals surface area (Å²) in [5, 5.41) is 4.12. The van der Waals surface area contributed by atoms with Crippen molar-refractivity contribution in [2.45, 2.75) is 25.5 Å². The van der Waals surface area contributed by atoms with Crippen LogP contribution in [-0.4, -0.2) is 67.6 Å². The minimum atomic E-state index is -0.228. The lowest BCUT2D eigenvalue weighted by molar-refractivity contribution is -0.142. The van der Waals surface area contributed by atoms with E-state index in [9.17, 15) is 4.79 Å². The molecule has 2 aliphatic rings. The maximum atomic E-state index is 12.4. The number of carbonyl (C=O) groups is 1. The fourth-order valence-corrected chi connectivity index (χ4v) is 3.36. The summed E-state index contributed by atoms with van der Waals surface area (Å²) in [6.07, 6.45) is 1.61. The first kappa shape index (κ1) is 18.0. The summed E-state index contributed by atoms with van der Waals surface area (Å²) in [4.78, 5) is 20.9. The van der Waals surface area contributed by atoms with Crippen LogP contribution in [0, 0.1) is 0 Å². The van der Waals surface area contributed by atoms with Gasteiger partial charge < -0.3 is 19.9 Å². The Hall–Kier alpha value is -1.79. The molecule has 136 valence electrons. The van der Waals surface area contributed by atoms with Crippen LogP contribution in [0.3, 0.4) is 0 Å². The van der Waals surface area contributed by atoms with Crippen LogP contribution in [0.2, 0.25) is 5.02 Å². The zero-order chi connectivity index (χ0) is 17.6. The summed E-state index contributed by atoms with van der Waals surface area (Å²) in [5.41, 5.74) is 1.15. The summed E-state index contributed by atoms with van der Waals surface area (Å²) in [5.74, 6) is 1.00. The van der Waals surface area contributed by atoms with Crippen LogP contribution in [-0.2, 0) is 16.1 Å². The fourth-order valence-electron chi connectivity index (χ4n) is 3.23. The van der Waals surface area contributed by atoms with Gasteiger partial charge in [-0.3, -0.25) is 9.79 Å². The molecule has 2 aliphatic heterocycles. The summed E-state index contributed by atoms with van der Waals surface area (Å²) in [6.45, 7) is 4.37. The number of aliphatic imine (C=N–C) groups is 1. The van der Waals surface area contributed by atoms with E-state index in [1.807, 2.05) is 29.2 Å². The van der Waals surface area contributed by atoms with Crippen molar-refractivity contribution in [2.24, 2.45) is 4.99 Å². The molecule has 0 spiro atoms. The van der Waals surface area contributed by atoms with Gasteiger partial charge in [0.25, 0.3) is 5.91 Å². The number of ether oxygens (including phenoxy) is 1. The third-order valence-corrected chi connectivity index (χ3v) is 4.92. The number of hydrogen-bond donors (Lipinski definition) is 1. The van der Waals surface area contributed by atoms with Crippen molar-refractivity contribution in [3.05, 3.63) is 34.9 Å². The van der Waals surface area contributed by atoms with Crippen LogP contribution < -0.4 is 5.32 Å². The molecule has 0 aromatic heterocycles. The van der Waals surface area contributed by atoms with Gasteiger partial charge >= 0.3 is 0 Å². The third-order valence-electron chi connectivity index (χ3n) is 4.67. The second-order valence-electron chi connectivity index (χ2n) is 6.34. The summed E-state index contributed by atoms with van der Waals surface area (Å²) < 4.78 is 5.51. The molecule has 3 rings (SSSR count). The Kier molecular flexibility index (Phi) is 6.15. The number of hydrogen-bond acceptors (Lipinski definition) is 3. The van der Waals surface area contributed by atoms with Crippen molar-refractivity contribution in [2.75, 3.05) is 39.8 Å². The summed E-state index contributed by atoms with van der Waals surface area (Å²) >= 11 is 5.92. The molecule has 6 nitrogen and oxygen atoms in total. The minimum absolute atomic E-state index is 0.140. The fraction of sp³-hybridized carbons (Fsp3) is 0.556. The highest BCUT2D eigenvalue weighted by molar-refractivity contribution is 6.30. The monoisotopic (exact) mass is 364 g/mol. The second-order valence-corrected chi connectivity index (χ2v) is 6.78. The molecule has 1 aromatic rings. The Balaban J connectivity index is 1.48. The molecule has 1 aromatic carbocycles. The molecule has 1 unspecified atom stereocenters. The topological polar surface area (TPSA) is 57.2 Å². The van der Waals surface area contributed by atoms with E-state index in [2.05, 4.69) is 15.2 Å². The number of guanidine groups is 1. The standard InChI is InChI=1S/C18H25ClN4O2/c1-20-18(21-13-14-4-6-15(19)7-5-14)23-10-8-22(9-11-23)17(24)16-3-2-12-25-16/h4-7,16H,2-3,8-13H2,1H3,(H,20,21). The highest BCUT2D eigenvalue weighted by atomic mass is 35.5. The molecule has 0 bridgehead atoms. The molecular formula is C18H25ClN4O2. The van der Waals surface area contributed by atoms with E-state index in [1.54, 1.807) is 7.05 Å². The lowest BCUT2D eigenvalue weighted by Crippen LogP contribution is -2.55. The SMILES string of the molecule is CN=C(NCc1ccc(Cl)cc1)N1CCN(C(=O)C2CCCO2)CC1. The summed E-state index contributed by atoms with van der Waals surface area (Å²) in [7, 11) is 1.79. The van der Waals surface area contributed by atoms with Crippen LogP contribution in [0.1, 0.15) is 18.4 Å². The predicted octanol–water partition coefficient (Wildman–Crippen LogP) is 1.74. The number of amides is 1. The van der Waals surface area contributed by atoms with E-state index in [-0.39, 0.29) is 12.0 Å². The summed E-state index contributed by atoms with van der Waals surface area (Å²) in [6, 6.07) is 7.77. The van der Waals surface area contributed by atoms with E-state index >= 15 is 0 Å². The quantitative estimate of drug-likeness (QED) is 0.655. The van der Waals surface area contributed by atoms with Gasteiger partial charge in [-0.05, 0) is 30.5 Å². The van der Waals surface area contributed by atoms with Gasteiger partial charge in [-0.2, -0.15) is 0 Å². The van der Waals surface area contributed by atoms with Gasteiger partial charge in [0.05, 0.1) is 0 Å². The van der Waals surface area contributed by atoms with E-state index < -0.39 is 0 Å². The van der Waals surface area contributed by atoms with Crippen LogP contribution in [0.15, 0.2) is 29.3 Å². The Labute approximate surface area is 153 Å². The molecule has 2 fully saturated rings. The molecular weight excluding hydrogens is 340 g/mol. The van der Waals surface area contributed by atoms with Gasteiger partial charge in [0.1, 0.15) is 6.10 Å². The molecule has 1 amide bonds. The molecule has 1 N–H and O–H groups in total. The van der Waals surface area contributed by atoms with Gasteiger partial charge in [0.2, 0.25) is 0 Å². The van der Waals surface area contributed by atoms with Gasteiger partial charge in [0, 0.05) is 51.4 Å². The largest absolute Gasteiger partial charge is 0.368 e. The van der Waals surface area contributed by atoms with E-state index in [4.69, 9.17) is 16.3 Å². The minimum Gasteiger partial charge on any atom is -0.368 e. The molecule has 0 radical (unpaired) electrons. The lowest BCUT2D eigenvalue weighted by Gasteiger charge is -2.37. The highest BCUT2D eigenvalue weighted by Crippen LogP contribution is 2.16. The van der Waals surface area contributed by atoms with Crippen LogP contribution in [0.4, 0.5) is 0 Å². The van der Waals surface area contributed by atoms with Gasteiger partial charge in [-0.15, -0.1) is 0 Å². The van der Waals surface area contributed by atoms with E-state index in [0.29, 0.717) is 26.2 Å². The molecule has 2 saturated heterocycles. The van der Waals surface area contributed by atoms with Gasteiger partial charge in [0.15, 0.2) is 5.96 Å². The van der Waals surface area contributed by atoms with Crippen molar-refractivity contribution in [3.8, 4) is 0 Å². The molecule has 25 heavy (non-hydrogen) atoms. The Bertz CT molecular complexity index is 606. The third kappa shape index (κ3) is 4.64. The number of halogens is 1.